The molecule has 4 aromatic rings. The van der Waals surface area contributed by atoms with Crippen LogP contribution in [0, 0.1) is 11.7 Å². The summed E-state index contributed by atoms with van der Waals surface area (Å²) < 4.78 is 47.7. The maximum absolute atomic E-state index is 13.8. The van der Waals surface area contributed by atoms with Crippen LogP contribution in [0.15, 0.2) is 81.4 Å². The highest BCUT2D eigenvalue weighted by Gasteiger charge is 2.56. The predicted octanol–water partition coefficient (Wildman–Crippen LogP) is 3.04. The van der Waals surface area contributed by atoms with Gasteiger partial charge in [-0.3, -0.25) is 19.2 Å². The summed E-state index contributed by atoms with van der Waals surface area (Å²) in [7, 11) is -2.47. The number of primary sulfonamides is 1. The monoisotopic (exact) mass is 670 g/mol. The van der Waals surface area contributed by atoms with E-state index in [1.165, 1.54) is 55.6 Å². The molecule has 0 aliphatic carbocycles. The highest BCUT2D eigenvalue weighted by Crippen LogP contribution is 2.53. The van der Waals surface area contributed by atoms with Crippen molar-refractivity contribution in [3.8, 4) is 11.5 Å². The van der Waals surface area contributed by atoms with Gasteiger partial charge >= 0.3 is 4.87 Å². The first-order chi connectivity index (χ1) is 21.4. The van der Waals surface area contributed by atoms with Crippen LogP contribution >= 0.6 is 23.1 Å². The van der Waals surface area contributed by atoms with Gasteiger partial charge < -0.3 is 19.8 Å². The number of nitrogens with two attached hydrogens (primary N) is 1. The molecule has 2 aliphatic rings. The third-order valence-corrected chi connectivity index (χ3v) is 10.6. The van der Waals surface area contributed by atoms with Crippen LogP contribution in [0.4, 0.5) is 15.8 Å². The van der Waals surface area contributed by atoms with Gasteiger partial charge in [0.2, 0.25) is 21.8 Å². The normalized spacial score (nSPS) is 19.2. The number of benzene rings is 3. The van der Waals surface area contributed by atoms with Gasteiger partial charge in [-0.2, -0.15) is 0 Å². The lowest BCUT2D eigenvalue weighted by molar-refractivity contribution is -0.122. The zero-order chi connectivity index (χ0) is 32.0. The minimum Gasteiger partial charge on any atom is -0.493 e. The number of halogens is 1. The lowest BCUT2D eigenvalue weighted by Gasteiger charge is -2.30. The summed E-state index contributed by atoms with van der Waals surface area (Å²) in [6.45, 7) is -0.416. The smallest absolute Gasteiger partial charge is 0.305 e. The molecular formula is C29H23FN4O8S3. The Morgan fingerprint density at radius 2 is 1.73 bits per heavy atom. The number of imide groups is 1. The average Bonchev–Trinajstić information content (AvgIpc) is 3.50. The number of fused-ring (bicyclic) bond motifs is 2. The number of nitrogens with one attached hydrogen (secondary N) is 2. The zero-order valence-electron chi connectivity index (χ0n) is 23.2. The minimum absolute atomic E-state index is 0.102. The fourth-order valence-corrected chi connectivity index (χ4v) is 8.32. The molecule has 3 unspecified atom stereocenters. The fourth-order valence-electron chi connectivity index (χ4n) is 5.29. The van der Waals surface area contributed by atoms with E-state index in [4.69, 9.17) is 14.6 Å². The number of aromatic nitrogens is 1. The van der Waals surface area contributed by atoms with E-state index in [1.807, 2.05) is 0 Å². The largest absolute Gasteiger partial charge is 0.493 e. The van der Waals surface area contributed by atoms with Crippen molar-refractivity contribution in [3.05, 3.63) is 92.7 Å². The molecule has 1 saturated heterocycles. The van der Waals surface area contributed by atoms with E-state index in [9.17, 15) is 32.0 Å². The van der Waals surface area contributed by atoms with Crippen molar-refractivity contribution in [2.24, 2.45) is 11.1 Å². The Hall–Kier alpha value is -4.51. The maximum Gasteiger partial charge on any atom is 0.305 e. The number of aromatic amines is 1. The van der Waals surface area contributed by atoms with E-state index < -0.39 is 57.3 Å². The molecule has 3 atom stereocenters. The number of thiazole rings is 1. The van der Waals surface area contributed by atoms with Crippen LogP contribution in [0.2, 0.25) is 0 Å². The zero-order valence-corrected chi connectivity index (χ0v) is 25.6. The molecule has 232 valence electrons. The van der Waals surface area contributed by atoms with Crippen molar-refractivity contribution in [1.82, 2.24) is 4.98 Å². The van der Waals surface area contributed by atoms with Gasteiger partial charge in [-0.25, -0.2) is 22.8 Å². The van der Waals surface area contributed by atoms with E-state index in [0.717, 1.165) is 28.0 Å². The fraction of sp³-hybridized carbons (Fsp3) is 0.172. The van der Waals surface area contributed by atoms with Crippen molar-refractivity contribution in [3.63, 3.8) is 0 Å². The van der Waals surface area contributed by atoms with Gasteiger partial charge in [0.05, 0.1) is 28.6 Å². The SMILES string of the molecule is COc1cc(C2c3sc(=O)[nH]c3SC3C(=O)N(c4ccc(F)cc4)C(=O)C32)ccc1OCC(=O)Nc1ccc(S(N)(=O)=O)cc1. The number of anilines is 2. The van der Waals surface area contributed by atoms with E-state index in [1.54, 1.807) is 18.2 Å². The van der Waals surface area contributed by atoms with Gasteiger partial charge in [0.1, 0.15) is 11.1 Å². The van der Waals surface area contributed by atoms with Crippen LogP contribution in [0.3, 0.4) is 0 Å². The molecule has 0 radical (unpaired) electrons. The van der Waals surface area contributed by atoms with Crippen molar-refractivity contribution in [1.29, 1.82) is 0 Å². The van der Waals surface area contributed by atoms with E-state index in [-0.39, 0.29) is 27.0 Å². The number of methoxy groups -OCH3 is 1. The third-order valence-electron chi connectivity index (χ3n) is 7.28. The summed E-state index contributed by atoms with van der Waals surface area (Å²) >= 11 is 2.07. The molecule has 0 saturated carbocycles. The molecule has 3 heterocycles. The lowest BCUT2D eigenvalue weighted by Crippen LogP contribution is -2.32. The number of amides is 3. The third kappa shape index (κ3) is 5.84. The van der Waals surface area contributed by atoms with E-state index in [2.05, 4.69) is 10.3 Å². The first kappa shape index (κ1) is 30.5. The molecule has 16 heteroatoms. The molecule has 0 bridgehead atoms. The summed E-state index contributed by atoms with van der Waals surface area (Å²) in [6, 6.07) is 15.2. The number of nitrogens with zero attached hydrogens (tertiary/aromatic N) is 1. The molecule has 1 fully saturated rings. The predicted molar refractivity (Wildman–Crippen MR) is 164 cm³/mol. The van der Waals surface area contributed by atoms with Gasteiger partial charge in [-0.15, -0.1) is 0 Å². The van der Waals surface area contributed by atoms with Crippen LogP contribution in [0.25, 0.3) is 0 Å². The lowest BCUT2D eigenvalue weighted by atomic mass is 9.83. The molecule has 12 nitrogen and oxygen atoms in total. The average molecular weight is 671 g/mol. The van der Waals surface area contributed by atoms with Gasteiger partial charge in [0.25, 0.3) is 5.91 Å². The van der Waals surface area contributed by atoms with Crippen LogP contribution in [0.1, 0.15) is 16.4 Å². The summed E-state index contributed by atoms with van der Waals surface area (Å²) in [4.78, 5) is 56.3. The number of rotatable bonds is 8. The van der Waals surface area contributed by atoms with Crippen LogP contribution < -0.4 is 29.7 Å². The Bertz CT molecular complexity index is 1990. The summed E-state index contributed by atoms with van der Waals surface area (Å²) in [6.07, 6.45) is 0. The highest BCUT2D eigenvalue weighted by molar-refractivity contribution is 8.00. The van der Waals surface area contributed by atoms with Gasteiger partial charge in [-0.1, -0.05) is 29.2 Å². The summed E-state index contributed by atoms with van der Waals surface area (Å²) in [5, 5.41) is 7.34. The van der Waals surface area contributed by atoms with Crippen molar-refractivity contribution >= 4 is 62.2 Å². The Morgan fingerprint density at radius 1 is 1.02 bits per heavy atom. The van der Waals surface area contributed by atoms with E-state index in [0.29, 0.717) is 21.2 Å². The molecular weight excluding hydrogens is 648 g/mol. The molecule has 3 aromatic carbocycles. The number of ether oxygens (including phenoxy) is 2. The number of thioether (sulfide) groups is 1. The highest BCUT2D eigenvalue weighted by atomic mass is 32.2. The molecule has 1 aromatic heterocycles. The van der Waals surface area contributed by atoms with Crippen molar-refractivity contribution < 1.29 is 36.7 Å². The number of H-pyrrole nitrogens is 1. The standard InChI is InChI=1S/C29H23FN4O8S3/c1-41-20-12-14(2-11-19(20)42-13-21(35)32-16-5-9-18(10-6-16)45(31,39)40)22-23-25(43-26-24(22)44-29(38)33-26)28(37)34(27(23)36)17-7-3-15(30)4-8-17/h2-12,22-23,25H,13H2,1H3,(H,32,35)(H,33,38)(H2,31,39,40). The van der Waals surface area contributed by atoms with E-state index >= 15 is 0 Å². The Balaban J connectivity index is 1.25. The van der Waals surface area contributed by atoms with Crippen LogP contribution in [-0.2, 0) is 24.4 Å². The van der Waals surface area contributed by atoms with Crippen LogP contribution in [-0.4, -0.2) is 50.1 Å². The molecule has 2 aliphatic heterocycles. The summed E-state index contributed by atoms with van der Waals surface area (Å²) in [5.41, 5.74) is 1.15. The minimum atomic E-state index is -3.88. The van der Waals surface area contributed by atoms with Crippen molar-refractivity contribution in [2.45, 2.75) is 21.1 Å². The molecule has 45 heavy (non-hydrogen) atoms. The van der Waals surface area contributed by atoms with Crippen LogP contribution in [0.5, 0.6) is 11.5 Å². The number of hydrogen-bond donors (Lipinski definition) is 3. The topological polar surface area (TPSA) is 178 Å². The maximum atomic E-state index is 13.8. The molecule has 6 rings (SSSR count). The second-order valence-corrected chi connectivity index (χ2v) is 13.8. The first-order valence-electron chi connectivity index (χ1n) is 13.2. The number of hydrogen-bond acceptors (Lipinski definition) is 10. The second-order valence-electron chi connectivity index (χ2n) is 10.1. The molecule has 3 amide bonds. The molecule has 4 N–H and O–H groups in total. The van der Waals surface area contributed by atoms with Gasteiger partial charge in [-0.05, 0) is 66.2 Å². The summed E-state index contributed by atoms with van der Waals surface area (Å²) in [5.74, 6) is -3.09. The Morgan fingerprint density at radius 3 is 2.40 bits per heavy atom. The quantitative estimate of drug-likeness (QED) is 0.238. The Kier molecular flexibility index (Phi) is 7.98. The first-order valence-corrected chi connectivity index (χ1v) is 16.5. The molecule has 0 spiro atoms. The number of carbonyl (C=O) groups excluding carboxylic acids is 3. The second kappa shape index (κ2) is 11.8. The number of carbonyl (C=O) groups is 3. The Labute approximate surface area is 263 Å². The van der Waals surface area contributed by atoms with Gasteiger partial charge in [0.15, 0.2) is 18.1 Å². The number of sulfonamides is 1. The van der Waals surface area contributed by atoms with Crippen molar-refractivity contribution in [2.75, 3.05) is 23.9 Å². The van der Waals surface area contributed by atoms with Gasteiger partial charge in [0, 0.05) is 16.5 Å².